The summed E-state index contributed by atoms with van der Waals surface area (Å²) in [6.07, 6.45) is 2.03. The van der Waals surface area contributed by atoms with Crippen molar-refractivity contribution in [2.75, 3.05) is 21.3 Å². The number of esters is 1. The molecule has 0 aliphatic rings. The Hall–Kier alpha value is -3.00. The summed E-state index contributed by atoms with van der Waals surface area (Å²) in [5, 5.41) is 0.703. The number of aryl methyl sites for hydroxylation is 1. The molecule has 8 heteroatoms. The van der Waals surface area contributed by atoms with E-state index in [9.17, 15) is 13.2 Å². The molecule has 0 unspecified atom stereocenters. The zero-order chi connectivity index (χ0) is 20.3. The van der Waals surface area contributed by atoms with E-state index in [1.807, 2.05) is 0 Å². The van der Waals surface area contributed by atoms with Gasteiger partial charge in [0.15, 0.2) is 0 Å². The highest BCUT2D eigenvalue weighted by Crippen LogP contribution is 2.30. The van der Waals surface area contributed by atoms with E-state index in [1.165, 1.54) is 30.3 Å². The highest BCUT2D eigenvalue weighted by molar-refractivity contribution is 7.90. The van der Waals surface area contributed by atoms with E-state index in [1.54, 1.807) is 43.6 Å². The van der Waals surface area contributed by atoms with Crippen LogP contribution in [0.1, 0.15) is 12.0 Å². The Balaban J connectivity index is 2.15. The molecule has 0 radical (unpaired) electrons. The molecule has 7 nitrogen and oxygen atoms in total. The number of rotatable bonds is 7. The van der Waals surface area contributed by atoms with Gasteiger partial charge in [-0.2, -0.15) is 0 Å². The Bertz CT molecular complexity index is 1120. The predicted molar refractivity (Wildman–Crippen MR) is 104 cm³/mol. The van der Waals surface area contributed by atoms with E-state index in [0.717, 1.165) is 0 Å². The lowest BCUT2D eigenvalue weighted by molar-refractivity contribution is -0.140. The summed E-state index contributed by atoms with van der Waals surface area (Å²) in [5.74, 6) is 0.688. The van der Waals surface area contributed by atoms with Crippen molar-refractivity contribution in [3.05, 3.63) is 54.2 Å². The maximum Gasteiger partial charge on any atom is 0.305 e. The molecule has 0 aliphatic heterocycles. The zero-order valence-electron chi connectivity index (χ0n) is 15.8. The minimum Gasteiger partial charge on any atom is -0.497 e. The first-order valence-corrected chi connectivity index (χ1v) is 9.99. The first-order valence-electron chi connectivity index (χ1n) is 8.55. The number of fused-ring (bicyclic) bond motifs is 1. The Morgan fingerprint density at radius 3 is 2.39 bits per heavy atom. The van der Waals surface area contributed by atoms with Crippen LogP contribution >= 0.6 is 0 Å². The van der Waals surface area contributed by atoms with Crippen LogP contribution in [0.4, 0.5) is 0 Å². The molecule has 3 aromatic rings. The van der Waals surface area contributed by atoms with Gasteiger partial charge in [0.25, 0.3) is 10.0 Å². The van der Waals surface area contributed by atoms with E-state index < -0.39 is 10.0 Å². The maximum absolute atomic E-state index is 13.3. The van der Waals surface area contributed by atoms with Crippen LogP contribution in [0.3, 0.4) is 0 Å². The molecular formula is C20H21NO6S. The van der Waals surface area contributed by atoms with Crippen molar-refractivity contribution in [1.29, 1.82) is 0 Å². The number of carbonyl (C=O) groups is 1. The lowest BCUT2D eigenvalue weighted by Gasteiger charge is -2.09. The van der Waals surface area contributed by atoms with Gasteiger partial charge >= 0.3 is 5.97 Å². The van der Waals surface area contributed by atoms with Crippen LogP contribution in [0.2, 0.25) is 0 Å². The zero-order valence-corrected chi connectivity index (χ0v) is 16.7. The average molecular weight is 403 g/mol. The summed E-state index contributed by atoms with van der Waals surface area (Å²) in [6, 6.07) is 11.4. The van der Waals surface area contributed by atoms with Crippen LogP contribution in [0, 0.1) is 0 Å². The molecule has 0 amide bonds. The van der Waals surface area contributed by atoms with Gasteiger partial charge in [-0.1, -0.05) is 6.07 Å². The number of benzene rings is 2. The lowest BCUT2D eigenvalue weighted by atomic mass is 10.1. The van der Waals surface area contributed by atoms with Crippen LogP contribution < -0.4 is 9.47 Å². The molecule has 1 aromatic heterocycles. The predicted octanol–water partition coefficient (Wildman–Crippen LogP) is 3.00. The van der Waals surface area contributed by atoms with Gasteiger partial charge in [0, 0.05) is 24.1 Å². The van der Waals surface area contributed by atoms with Gasteiger partial charge in [-0.15, -0.1) is 0 Å². The van der Waals surface area contributed by atoms with E-state index >= 15 is 0 Å². The summed E-state index contributed by atoms with van der Waals surface area (Å²) in [5.41, 5.74) is 1.22. The molecule has 3 rings (SSSR count). The fourth-order valence-corrected chi connectivity index (χ4v) is 4.41. The topological polar surface area (TPSA) is 83.8 Å². The lowest BCUT2D eigenvalue weighted by Crippen LogP contribution is -2.12. The minimum atomic E-state index is -3.86. The van der Waals surface area contributed by atoms with Gasteiger partial charge in [0.2, 0.25) is 0 Å². The number of aromatic nitrogens is 1. The second-order valence-electron chi connectivity index (χ2n) is 6.09. The molecule has 2 aromatic carbocycles. The van der Waals surface area contributed by atoms with Gasteiger partial charge in [-0.3, -0.25) is 4.79 Å². The van der Waals surface area contributed by atoms with Crippen LogP contribution in [-0.4, -0.2) is 39.7 Å². The van der Waals surface area contributed by atoms with E-state index in [0.29, 0.717) is 34.4 Å². The van der Waals surface area contributed by atoms with Crippen molar-refractivity contribution in [2.45, 2.75) is 17.7 Å². The monoisotopic (exact) mass is 403 g/mol. The molecule has 0 saturated heterocycles. The quantitative estimate of drug-likeness (QED) is 0.564. The third-order valence-electron chi connectivity index (χ3n) is 4.48. The van der Waals surface area contributed by atoms with Crippen LogP contribution in [0.25, 0.3) is 10.9 Å². The molecule has 0 bridgehead atoms. The molecule has 0 N–H and O–H groups in total. The SMILES string of the molecule is COC(=O)CCc1cn(S(=O)(=O)c2cccc(OC)c2)c2ccc(OC)cc12. The van der Waals surface area contributed by atoms with Crippen molar-refractivity contribution in [3.8, 4) is 11.5 Å². The van der Waals surface area contributed by atoms with Crippen molar-refractivity contribution < 1.29 is 27.4 Å². The van der Waals surface area contributed by atoms with Crippen molar-refractivity contribution in [3.63, 3.8) is 0 Å². The van der Waals surface area contributed by atoms with Crippen LogP contribution in [0.5, 0.6) is 11.5 Å². The molecule has 0 fully saturated rings. The molecule has 148 valence electrons. The Labute approximate surface area is 163 Å². The molecule has 28 heavy (non-hydrogen) atoms. The van der Waals surface area contributed by atoms with E-state index in [2.05, 4.69) is 0 Å². The second kappa shape index (κ2) is 7.93. The van der Waals surface area contributed by atoms with Crippen molar-refractivity contribution >= 4 is 26.9 Å². The Morgan fingerprint density at radius 1 is 1.00 bits per heavy atom. The summed E-state index contributed by atoms with van der Waals surface area (Å²) in [7, 11) is 0.481. The number of ether oxygens (including phenoxy) is 3. The molecule has 0 aliphatic carbocycles. The molecule has 1 heterocycles. The standard InChI is InChI=1S/C20H21NO6S/c1-25-15-5-4-6-17(11-15)28(23,24)21-13-14(7-10-20(22)27-3)18-12-16(26-2)8-9-19(18)21/h4-6,8-9,11-13H,7,10H2,1-3H3. The van der Waals surface area contributed by atoms with Gasteiger partial charge < -0.3 is 14.2 Å². The highest BCUT2D eigenvalue weighted by atomic mass is 32.2. The second-order valence-corrected chi connectivity index (χ2v) is 7.91. The molecule has 0 saturated carbocycles. The molecular weight excluding hydrogens is 382 g/mol. The van der Waals surface area contributed by atoms with Gasteiger partial charge in [-0.25, -0.2) is 12.4 Å². The summed E-state index contributed by atoms with van der Waals surface area (Å²) in [4.78, 5) is 11.7. The van der Waals surface area contributed by atoms with Crippen molar-refractivity contribution in [2.24, 2.45) is 0 Å². The smallest absolute Gasteiger partial charge is 0.305 e. The normalized spacial score (nSPS) is 11.4. The van der Waals surface area contributed by atoms with Crippen LogP contribution in [0.15, 0.2) is 53.6 Å². The number of methoxy groups -OCH3 is 3. The molecule has 0 spiro atoms. The summed E-state index contributed by atoms with van der Waals surface area (Å²) >= 11 is 0. The highest BCUT2D eigenvalue weighted by Gasteiger charge is 2.22. The average Bonchev–Trinajstić information content (AvgIpc) is 3.10. The largest absolute Gasteiger partial charge is 0.497 e. The molecule has 0 atom stereocenters. The summed E-state index contributed by atoms with van der Waals surface area (Å²) < 4.78 is 42.9. The number of nitrogens with zero attached hydrogens (tertiary/aromatic N) is 1. The fraction of sp³-hybridized carbons (Fsp3) is 0.250. The van der Waals surface area contributed by atoms with Crippen LogP contribution in [-0.2, 0) is 26.0 Å². The fourth-order valence-electron chi connectivity index (χ4n) is 2.98. The first kappa shape index (κ1) is 19.8. The van der Waals surface area contributed by atoms with Gasteiger partial charge in [-0.05, 0) is 42.3 Å². The van der Waals surface area contributed by atoms with E-state index in [-0.39, 0.29) is 17.3 Å². The van der Waals surface area contributed by atoms with Crippen molar-refractivity contribution in [1.82, 2.24) is 3.97 Å². The Morgan fingerprint density at radius 2 is 1.71 bits per heavy atom. The first-order chi connectivity index (χ1) is 13.4. The Kier molecular flexibility index (Phi) is 5.60. The maximum atomic E-state index is 13.3. The number of hydrogen-bond acceptors (Lipinski definition) is 6. The third kappa shape index (κ3) is 3.68. The van der Waals surface area contributed by atoms with Gasteiger partial charge in [0.05, 0.1) is 31.7 Å². The van der Waals surface area contributed by atoms with E-state index in [4.69, 9.17) is 14.2 Å². The summed E-state index contributed by atoms with van der Waals surface area (Å²) in [6.45, 7) is 0. The number of carbonyl (C=O) groups excluding carboxylic acids is 1. The number of hydrogen-bond donors (Lipinski definition) is 0. The van der Waals surface area contributed by atoms with Gasteiger partial charge in [0.1, 0.15) is 11.5 Å². The third-order valence-corrected chi connectivity index (χ3v) is 6.15. The minimum absolute atomic E-state index is 0.110.